The van der Waals surface area contributed by atoms with E-state index in [1.165, 1.54) is 66.8 Å². The van der Waals surface area contributed by atoms with Gasteiger partial charge in [0.15, 0.2) is 0 Å². The van der Waals surface area contributed by atoms with Gasteiger partial charge in [0.05, 0.1) is 0 Å². The van der Waals surface area contributed by atoms with Gasteiger partial charge >= 0.3 is 0 Å². The SMILES string of the molecule is C.CNc1ccc(/C=C/c2ccc(NC)cc2C)c(C)c1.CNc1ccc(/C=C/c2ccc(NC)cc2C)c(C)c1.CNc1ccc(/C=C/c2ccc(NC)cc2C)c(C)c1. The summed E-state index contributed by atoms with van der Waals surface area (Å²) in [5, 5.41) is 19.0. The summed E-state index contributed by atoms with van der Waals surface area (Å²) in [6.07, 6.45) is 13.1. The monoisotopic (exact) mass is 815 g/mol. The Morgan fingerprint density at radius 3 is 0.475 bits per heavy atom. The van der Waals surface area contributed by atoms with Crippen molar-refractivity contribution in [1.82, 2.24) is 0 Å². The van der Waals surface area contributed by atoms with Gasteiger partial charge in [-0.05, 0) is 181 Å². The third kappa shape index (κ3) is 14.5. The van der Waals surface area contributed by atoms with Crippen LogP contribution in [0.5, 0.6) is 0 Å². The molecule has 0 aromatic heterocycles. The lowest BCUT2D eigenvalue weighted by atomic mass is 10.0. The third-order valence-corrected chi connectivity index (χ3v) is 10.7. The average Bonchev–Trinajstić information content (AvgIpc) is 3.26. The third-order valence-electron chi connectivity index (χ3n) is 10.7. The van der Waals surface area contributed by atoms with Crippen LogP contribution in [0.4, 0.5) is 34.1 Å². The Kier molecular flexibility index (Phi) is 19.5. The van der Waals surface area contributed by atoms with Gasteiger partial charge in [-0.25, -0.2) is 0 Å². The highest BCUT2D eigenvalue weighted by molar-refractivity contribution is 5.76. The number of nitrogens with one attached hydrogen (secondary N) is 6. The molecule has 0 spiro atoms. The van der Waals surface area contributed by atoms with Crippen LogP contribution in [0, 0.1) is 41.5 Å². The predicted molar refractivity (Wildman–Crippen MR) is 278 cm³/mol. The van der Waals surface area contributed by atoms with E-state index < -0.39 is 0 Å². The van der Waals surface area contributed by atoms with Gasteiger partial charge in [0.1, 0.15) is 0 Å². The summed E-state index contributed by atoms with van der Waals surface area (Å²) in [5.74, 6) is 0. The molecule has 0 heterocycles. The molecule has 6 heteroatoms. The Hall–Kier alpha value is -6.66. The molecule has 0 aliphatic rings. The Morgan fingerprint density at radius 1 is 0.246 bits per heavy atom. The molecule has 0 amide bonds. The van der Waals surface area contributed by atoms with Crippen LogP contribution in [0.2, 0.25) is 0 Å². The van der Waals surface area contributed by atoms with Gasteiger partial charge in [-0.15, -0.1) is 0 Å². The van der Waals surface area contributed by atoms with Gasteiger partial charge < -0.3 is 31.9 Å². The van der Waals surface area contributed by atoms with E-state index in [2.05, 4.69) is 219 Å². The summed E-state index contributed by atoms with van der Waals surface area (Å²) in [6, 6.07) is 38.5. The maximum Gasteiger partial charge on any atom is 0.0340 e. The molecule has 320 valence electrons. The molecule has 6 N–H and O–H groups in total. The molecule has 6 aromatic carbocycles. The second-order valence-electron chi connectivity index (χ2n) is 14.9. The van der Waals surface area contributed by atoms with Crippen molar-refractivity contribution < 1.29 is 0 Å². The fourth-order valence-electron chi connectivity index (χ4n) is 6.65. The summed E-state index contributed by atoms with van der Waals surface area (Å²) in [5.41, 5.74) is 22.0. The van der Waals surface area contributed by atoms with E-state index in [9.17, 15) is 0 Å². The van der Waals surface area contributed by atoms with Crippen LogP contribution < -0.4 is 31.9 Å². The van der Waals surface area contributed by atoms with E-state index in [-0.39, 0.29) is 7.43 Å². The first-order chi connectivity index (χ1) is 28.9. The number of rotatable bonds is 12. The van der Waals surface area contributed by atoms with Crippen molar-refractivity contribution in [3.05, 3.63) is 176 Å². The highest BCUT2D eigenvalue weighted by atomic mass is 14.8. The Labute approximate surface area is 368 Å². The number of aryl methyl sites for hydroxylation is 6. The second kappa shape index (κ2) is 24.4. The number of benzene rings is 6. The zero-order chi connectivity index (χ0) is 43.6. The molecule has 0 saturated heterocycles. The van der Waals surface area contributed by atoms with Crippen molar-refractivity contribution in [2.45, 2.75) is 49.0 Å². The van der Waals surface area contributed by atoms with Crippen molar-refractivity contribution >= 4 is 70.6 Å². The lowest BCUT2D eigenvalue weighted by Crippen LogP contribution is -1.90. The maximum absolute atomic E-state index is 3.16. The first-order valence-corrected chi connectivity index (χ1v) is 20.7. The number of anilines is 6. The summed E-state index contributed by atoms with van der Waals surface area (Å²) in [7, 11) is 11.6. The molecule has 0 aliphatic heterocycles. The highest BCUT2D eigenvalue weighted by Crippen LogP contribution is 2.23. The molecule has 0 radical (unpaired) electrons. The Balaban J connectivity index is 0.000000242. The lowest BCUT2D eigenvalue weighted by molar-refractivity contribution is 1.40. The highest BCUT2D eigenvalue weighted by Gasteiger charge is 2.02. The molecule has 0 bridgehead atoms. The zero-order valence-corrected chi connectivity index (χ0v) is 37.9. The van der Waals surface area contributed by atoms with Gasteiger partial charge in [-0.3, -0.25) is 0 Å². The summed E-state index contributed by atoms with van der Waals surface area (Å²) in [6.45, 7) is 12.8. The van der Waals surface area contributed by atoms with E-state index in [0.717, 1.165) is 34.1 Å². The van der Waals surface area contributed by atoms with E-state index in [4.69, 9.17) is 0 Å². The van der Waals surface area contributed by atoms with Gasteiger partial charge in [0, 0.05) is 76.4 Å². The summed E-state index contributed by atoms with van der Waals surface area (Å²) >= 11 is 0. The van der Waals surface area contributed by atoms with Crippen LogP contribution in [-0.4, -0.2) is 42.3 Å². The van der Waals surface area contributed by atoms with Gasteiger partial charge in [-0.2, -0.15) is 0 Å². The van der Waals surface area contributed by atoms with E-state index >= 15 is 0 Å². The van der Waals surface area contributed by atoms with Crippen molar-refractivity contribution in [3.8, 4) is 0 Å². The first kappa shape index (κ1) is 48.7. The van der Waals surface area contributed by atoms with Crippen LogP contribution in [0.1, 0.15) is 74.2 Å². The minimum atomic E-state index is 0. The quantitative estimate of drug-likeness (QED) is 0.0692. The molecule has 0 saturated carbocycles. The largest absolute Gasteiger partial charge is 0.388 e. The van der Waals surface area contributed by atoms with Crippen LogP contribution in [0.3, 0.4) is 0 Å². The Bertz CT molecular complexity index is 1980. The van der Waals surface area contributed by atoms with Gasteiger partial charge in [-0.1, -0.05) is 80.3 Å². The molecule has 6 aromatic rings. The smallest absolute Gasteiger partial charge is 0.0340 e. The van der Waals surface area contributed by atoms with E-state index in [1.54, 1.807) is 0 Å². The molecular weight excluding hydrogens is 745 g/mol. The summed E-state index contributed by atoms with van der Waals surface area (Å²) in [4.78, 5) is 0. The minimum absolute atomic E-state index is 0. The topological polar surface area (TPSA) is 72.2 Å². The normalized spacial score (nSPS) is 10.6. The molecule has 0 unspecified atom stereocenters. The van der Waals surface area contributed by atoms with Crippen molar-refractivity contribution in [2.75, 3.05) is 74.2 Å². The Morgan fingerprint density at radius 2 is 0.377 bits per heavy atom. The first-order valence-electron chi connectivity index (χ1n) is 20.7. The summed E-state index contributed by atoms with van der Waals surface area (Å²) < 4.78 is 0. The van der Waals surface area contributed by atoms with Crippen LogP contribution in [-0.2, 0) is 0 Å². The fraction of sp³-hybridized carbons (Fsp3) is 0.236. The van der Waals surface area contributed by atoms with Crippen LogP contribution >= 0.6 is 0 Å². The van der Waals surface area contributed by atoms with Crippen molar-refractivity contribution in [3.63, 3.8) is 0 Å². The van der Waals surface area contributed by atoms with Crippen molar-refractivity contribution in [1.29, 1.82) is 0 Å². The molecule has 61 heavy (non-hydrogen) atoms. The average molecular weight is 815 g/mol. The molecular formula is C55H70N6. The van der Waals surface area contributed by atoms with Crippen molar-refractivity contribution in [2.24, 2.45) is 0 Å². The van der Waals surface area contributed by atoms with E-state index in [1.807, 2.05) is 42.3 Å². The second-order valence-corrected chi connectivity index (χ2v) is 14.9. The van der Waals surface area contributed by atoms with Crippen LogP contribution in [0.25, 0.3) is 36.5 Å². The van der Waals surface area contributed by atoms with Crippen LogP contribution in [0.15, 0.2) is 109 Å². The molecule has 6 nitrogen and oxygen atoms in total. The maximum atomic E-state index is 3.16. The molecule has 0 fully saturated rings. The van der Waals surface area contributed by atoms with Gasteiger partial charge in [0.2, 0.25) is 0 Å². The molecule has 0 aliphatic carbocycles. The number of hydrogen-bond donors (Lipinski definition) is 6. The fourth-order valence-corrected chi connectivity index (χ4v) is 6.65. The predicted octanol–water partition coefficient (Wildman–Crippen LogP) is 14.3. The lowest BCUT2D eigenvalue weighted by Gasteiger charge is -2.06. The number of hydrogen-bond acceptors (Lipinski definition) is 6. The van der Waals surface area contributed by atoms with Gasteiger partial charge in [0.25, 0.3) is 0 Å². The molecule has 0 atom stereocenters. The van der Waals surface area contributed by atoms with E-state index in [0.29, 0.717) is 0 Å². The molecule has 6 rings (SSSR count). The zero-order valence-electron chi connectivity index (χ0n) is 37.9. The minimum Gasteiger partial charge on any atom is -0.388 e. The standard InChI is InChI=1S/3C18H22N2.CH4/c3*1-13-11-17(19-3)9-7-15(13)5-6-16-8-10-18(20-4)12-14(16)2;/h3*5-12,19-20H,1-4H3;1H4/b3*6-5+;.